The van der Waals surface area contributed by atoms with E-state index in [1.54, 1.807) is 6.07 Å². The molecule has 2 aliphatic carbocycles. The zero-order valence-corrected chi connectivity index (χ0v) is 26.6. The maximum atomic E-state index is 10.8. The molecule has 5 nitrogen and oxygen atoms in total. The van der Waals surface area contributed by atoms with Gasteiger partial charge in [0.1, 0.15) is 17.2 Å². The fourth-order valence-corrected chi connectivity index (χ4v) is 6.67. The molecular weight excluding hydrogens is 532 g/mol. The summed E-state index contributed by atoms with van der Waals surface area (Å²) < 4.78 is 12.3. The van der Waals surface area contributed by atoms with Crippen molar-refractivity contribution in [2.45, 2.75) is 98.2 Å². The van der Waals surface area contributed by atoms with Gasteiger partial charge in [0, 0.05) is 16.5 Å². The fraction of sp³-hybridized carbons (Fsp3) is 0.500. The molecule has 2 saturated carbocycles. The number of nitrogens with zero attached hydrogens (tertiary/aromatic N) is 2. The summed E-state index contributed by atoms with van der Waals surface area (Å²) in [6.07, 6.45) is 11.3. The highest BCUT2D eigenvalue weighted by molar-refractivity contribution is 5.84. The Morgan fingerprint density at radius 1 is 0.628 bits per heavy atom. The molecule has 43 heavy (non-hydrogen) atoms. The average Bonchev–Trinajstić information content (AvgIpc) is 3.01. The second-order valence-electron chi connectivity index (χ2n) is 13.3. The number of aldehydes is 1. The monoisotopic (exact) mass is 580 g/mol. The molecule has 0 amide bonds. The molecule has 6 rings (SSSR count). The largest absolute Gasteiger partial charge is 0.490 e. The van der Waals surface area contributed by atoms with Crippen molar-refractivity contribution in [2.75, 3.05) is 0 Å². The molecule has 5 heteroatoms. The van der Waals surface area contributed by atoms with Gasteiger partial charge in [0.25, 0.3) is 0 Å². The molecule has 2 fully saturated rings. The predicted octanol–water partition coefficient (Wildman–Crippen LogP) is 9.78. The molecular formula is C38H48N2O3. The van der Waals surface area contributed by atoms with Gasteiger partial charge in [-0.25, -0.2) is 4.98 Å². The van der Waals surface area contributed by atoms with Crippen molar-refractivity contribution >= 4 is 28.1 Å². The van der Waals surface area contributed by atoms with E-state index >= 15 is 0 Å². The Balaban J connectivity index is 0.000000171. The molecule has 0 N–H and O–H groups in total. The van der Waals surface area contributed by atoms with E-state index in [9.17, 15) is 4.79 Å². The van der Waals surface area contributed by atoms with Crippen molar-refractivity contribution in [3.8, 4) is 11.5 Å². The van der Waals surface area contributed by atoms with E-state index in [2.05, 4.69) is 68.0 Å². The van der Waals surface area contributed by atoms with Crippen LogP contribution in [-0.4, -0.2) is 28.5 Å². The summed E-state index contributed by atoms with van der Waals surface area (Å²) in [5.74, 6) is 5.21. The van der Waals surface area contributed by atoms with Gasteiger partial charge in [-0.15, -0.1) is 0 Å². The first-order valence-corrected chi connectivity index (χ1v) is 16.3. The second-order valence-corrected chi connectivity index (χ2v) is 13.3. The average molecular weight is 581 g/mol. The summed E-state index contributed by atoms with van der Waals surface area (Å²) in [7, 11) is 0. The van der Waals surface area contributed by atoms with E-state index in [4.69, 9.17) is 9.47 Å². The third kappa shape index (κ3) is 8.34. The van der Waals surface area contributed by atoms with Gasteiger partial charge >= 0.3 is 0 Å². The third-order valence-electron chi connectivity index (χ3n) is 9.53. The fourth-order valence-electron chi connectivity index (χ4n) is 6.67. The van der Waals surface area contributed by atoms with Crippen molar-refractivity contribution < 1.29 is 14.3 Å². The van der Waals surface area contributed by atoms with E-state index in [1.807, 2.05) is 31.2 Å². The molecule has 0 bridgehead atoms. The van der Waals surface area contributed by atoms with Crippen molar-refractivity contribution in [2.24, 2.45) is 23.7 Å². The smallest absolute Gasteiger partial charge is 0.168 e. The number of ether oxygens (including phenoxy) is 2. The van der Waals surface area contributed by atoms with Gasteiger partial charge < -0.3 is 9.47 Å². The van der Waals surface area contributed by atoms with Crippen LogP contribution < -0.4 is 9.47 Å². The lowest BCUT2D eigenvalue weighted by Crippen LogP contribution is -2.26. The van der Waals surface area contributed by atoms with E-state index in [-0.39, 0.29) is 0 Å². The normalized spacial score (nSPS) is 22.3. The highest BCUT2D eigenvalue weighted by Crippen LogP contribution is 2.34. The molecule has 0 spiro atoms. The summed E-state index contributed by atoms with van der Waals surface area (Å²) in [6.45, 7) is 11.3. The van der Waals surface area contributed by atoms with Gasteiger partial charge in [0.2, 0.25) is 0 Å². The zero-order valence-electron chi connectivity index (χ0n) is 26.6. The lowest BCUT2D eigenvalue weighted by Gasteiger charge is -2.31. The van der Waals surface area contributed by atoms with E-state index in [0.717, 1.165) is 81.8 Å². The van der Waals surface area contributed by atoms with Crippen LogP contribution in [0, 0.1) is 30.6 Å². The minimum atomic E-state index is 0.328. The number of pyridine rings is 2. The SMILES string of the molecule is CC(C)C1CCC(Oc2ccc3nc(C=O)ccc3c2)CC1.Cc1ccc2cc(OC3CCC(C(C)C)CC3)ccc2n1. The van der Waals surface area contributed by atoms with Gasteiger partial charge in [-0.1, -0.05) is 39.8 Å². The standard InChI is InChI=1S/C19H23NO2.C19H25NO/c1-13(2)14-4-7-17(8-5-14)22-18-9-10-19-15(11-18)3-6-16(12-21)20-19;1-13(2)15-6-8-17(9-7-15)21-18-10-11-19-16(12-18)5-4-14(3)20-19/h3,6,9-14,17H,4-5,7-8H2,1-2H3;4-5,10-13,15,17H,6-9H2,1-3H3. The number of hydrogen-bond acceptors (Lipinski definition) is 5. The zero-order chi connectivity index (χ0) is 30.3. The number of carbonyl (C=O) groups excluding carboxylic acids is 1. The predicted molar refractivity (Wildman–Crippen MR) is 176 cm³/mol. The van der Waals surface area contributed by atoms with Crippen LogP contribution >= 0.6 is 0 Å². The van der Waals surface area contributed by atoms with E-state index in [0.29, 0.717) is 17.9 Å². The first-order chi connectivity index (χ1) is 20.8. The van der Waals surface area contributed by atoms with Crippen molar-refractivity contribution in [3.63, 3.8) is 0 Å². The lowest BCUT2D eigenvalue weighted by molar-refractivity contribution is 0.111. The third-order valence-corrected chi connectivity index (χ3v) is 9.53. The number of aromatic nitrogens is 2. The minimum absolute atomic E-state index is 0.328. The minimum Gasteiger partial charge on any atom is -0.490 e. The molecule has 0 unspecified atom stereocenters. The Labute approximate surface area is 257 Å². The van der Waals surface area contributed by atoms with Crippen LogP contribution in [0.3, 0.4) is 0 Å². The number of fused-ring (bicyclic) bond motifs is 2. The van der Waals surface area contributed by atoms with Crippen LogP contribution in [0.4, 0.5) is 0 Å². The van der Waals surface area contributed by atoms with Crippen LogP contribution in [0.2, 0.25) is 0 Å². The maximum Gasteiger partial charge on any atom is 0.168 e. The van der Waals surface area contributed by atoms with E-state index < -0.39 is 0 Å². The highest BCUT2D eigenvalue weighted by atomic mass is 16.5. The Kier molecular flexibility index (Phi) is 10.3. The Bertz CT molecular complexity index is 1500. The first kappa shape index (κ1) is 31.0. The Morgan fingerprint density at radius 3 is 1.56 bits per heavy atom. The van der Waals surface area contributed by atoms with Crippen LogP contribution in [0.1, 0.15) is 95.2 Å². The molecule has 2 aromatic carbocycles. The topological polar surface area (TPSA) is 61.3 Å². The van der Waals surface area contributed by atoms with Crippen LogP contribution in [0.25, 0.3) is 21.8 Å². The molecule has 0 radical (unpaired) electrons. The Morgan fingerprint density at radius 2 is 1.09 bits per heavy atom. The molecule has 0 saturated heterocycles. The molecule has 2 aromatic heterocycles. The number of hydrogen-bond donors (Lipinski definition) is 0. The number of rotatable bonds is 7. The molecule has 228 valence electrons. The summed E-state index contributed by atoms with van der Waals surface area (Å²) in [5.41, 5.74) is 3.41. The Hall–Kier alpha value is -3.47. The van der Waals surface area contributed by atoms with Gasteiger partial charge in [0.15, 0.2) is 6.29 Å². The van der Waals surface area contributed by atoms with Crippen molar-refractivity contribution in [1.82, 2.24) is 9.97 Å². The molecule has 0 atom stereocenters. The summed E-state index contributed by atoms with van der Waals surface area (Å²) >= 11 is 0. The maximum absolute atomic E-state index is 10.8. The molecule has 2 aliphatic rings. The molecule has 2 heterocycles. The number of carbonyl (C=O) groups is 1. The lowest BCUT2D eigenvalue weighted by atomic mass is 9.80. The number of aryl methyl sites for hydroxylation is 1. The van der Waals surface area contributed by atoms with Gasteiger partial charge in [0.05, 0.1) is 23.2 Å². The van der Waals surface area contributed by atoms with Gasteiger partial charge in [-0.2, -0.15) is 0 Å². The van der Waals surface area contributed by atoms with Crippen LogP contribution in [-0.2, 0) is 0 Å². The quantitative estimate of drug-likeness (QED) is 0.204. The summed E-state index contributed by atoms with van der Waals surface area (Å²) in [5, 5.41) is 2.17. The van der Waals surface area contributed by atoms with Crippen LogP contribution in [0.15, 0.2) is 60.7 Å². The molecule has 4 aromatic rings. The van der Waals surface area contributed by atoms with Crippen LogP contribution in [0.5, 0.6) is 11.5 Å². The van der Waals surface area contributed by atoms with Gasteiger partial charge in [-0.05, 0) is 130 Å². The van der Waals surface area contributed by atoms with Gasteiger partial charge in [-0.3, -0.25) is 9.78 Å². The molecule has 0 aliphatic heterocycles. The van der Waals surface area contributed by atoms with Crippen molar-refractivity contribution in [1.29, 1.82) is 0 Å². The van der Waals surface area contributed by atoms with E-state index in [1.165, 1.54) is 38.5 Å². The second kappa shape index (κ2) is 14.3. The summed E-state index contributed by atoms with van der Waals surface area (Å²) in [6, 6.07) is 20.0. The summed E-state index contributed by atoms with van der Waals surface area (Å²) in [4.78, 5) is 19.6. The van der Waals surface area contributed by atoms with Crippen molar-refractivity contribution in [3.05, 3.63) is 72.1 Å². The highest BCUT2D eigenvalue weighted by Gasteiger charge is 2.25. The first-order valence-electron chi connectivity index (χ1n) is 16.3. The number of benzene rings is 2.